The zero-order valence-corrected chi connectivity index (χ0v) is 10.7. The van der Waals surface area contributed by atoms with Gasteiger partial charge in [0, 0.05) is 0 Å². The van der Waals surface area contributed by atoms with Crippen LogP contribution in [0.25, 0.3) is 0 Å². The van der Waals surface area contributed by atoms with Gasteiger partial charge in [-0.1, -0.05) is 45.4 Å². The molecule has 2 nitrogen and oxygen atoms in total. The largest absolute Gasteiger partial charge is 0.497 e. The molecule has 1 heterocycles. The Hall–Kier alpha value is -0.500. The van der Waals surface area contributed by atoms with Gasteiger partial charge in [0.2, 0.25) is 0 Å². The first-order chi connectivity index (χ1) is 7.84. The van der Waals surface area contributed by atoms with Gasteiger partial charge in [-0.2, -0.15) is 0 Å². The summed E-state index contributed by atoms with van der Waals surface area (Å²) in [5.41, 5.74) is 6.10. The third-order valence-electron chi connectivity index (χ3n) is 3.20. The lowest BCUT2D eigenvalue weighted by atomic mass is 10.0. The molecule has 1 aliphatic rings. The summed E-state index contributed by atoms with van der Waals surface area (Å²) in [4.78, 5) is 0. The average molecular weight is 225 g/mol. The first-order valence-electron chi connectivity index (χ1n) is 6.93. The summed E-state index contributed by atoms with van der Waals surface area (Å²) >= 11 is 0. The van der Waals surface area contributed by atoms with E-state index in [9.17, 15) is 0 Å². The molecule has 0 aliphatic carbocycles. The SMILES string of the molecule is CCCCCCCCC(N)C1=CCCCO1. The topological polar surface area (TPSA) is 35.2 Å². The van der Waals surface area contributed by atoms with E-state index in [1.807, 2.05) is 0 Å². The summed E-state index contributed by atoms with van der Waals surface area (Å²) in [5, 5.41) is 0. The highest BCUT2D eigenvalue weighted by molar-refractivity contribution is 5.03. The van der Waals surface area contributed by atoms with Gasteiger partial charge in [-0.15, -0.1) is 0 Å². The summed E-state index contributed by atoms with van der Waals surface area (Å²) in [6, 6.07) is 0.145. The maximum atomic E-state index is 6.10. The summed E-state index contributed by atoms with van der Waals surface area (Å²) in [7, 11) is 0. The number of hydrogen-bond donors (Lipinski definition) is 1. The maximum Gasteiger partial charge on any atom is 0.109 e. The number of ether oxygens (including phenoxy) is 1. The van der Waals surface area contributed by atoms with E-state index in [2.05, 4.69) is 13.0 Å². The van der Waals surface area contributed by atoms with Crippen LogP contribution in [0.3, 0.4) is 0 Å². The van der Waals surface area contributed by atoms with Crippen molar-refractivity contribution in [2.24, 2.45) is 5.73 Å². The van der Waals surface area contributed by atoms with E-state index < -0.39 is 0 Å². The van der Waals surface area contributed by atoms with E-state index in [0.717, 1.165) is 31.6 Å². The van der Waals surface area contributed by atoms with Gasteiger partial charge >= 0.3 is 0 Å². The van der Waals surface area contributed by atoms with Crippen molar-refractivity contribution in [3.63, 3.8) is 0 Å². The zero-order valence-electron chi connectivity index (χ0n) is 10.7. The second kappa shape index (κ2) is 8.63. The van der Waals surface area contributed by atoms with Crippen LogP contribution >= 0.6 is 0 Å². The number of rotatable bonds is 8. The Kier molecular flexibility index (Phi) is 7.32. The molecule has 1 aliphatic heterocycles. The molecule has 2 N–H and O–H groups in total. The first-order valence-corrected chi connectivity index (χ1v) is 6.93. The molecule has 0 aromatic rings. The minimum atomic E-state index is 0.145. The van der Waals surface area contributed by atoms with Gasteiger partial charge in [0.1, 0.15) is 5.76 Å². The lowest BCUT2D eigenvalue weighted by Crippen LogP contribution is -2.25. The predicted octanol–water partition coefficient (Wildman–Crippen LogP) is 3.76. The van der Waals surface area contributed by atoms with Crippen LogP contribution in [-0.2, 0) is 4.74 Å². The number of allylic oxidation sites excluding steroid dienone is 1. The van der Waals surface area contributed by atoms with Crippen molar-refractivity contribution < 1.29 is 4.74 Å². The smallest absolute Gasteiger partial charge is 0.109 e. The number of nitrogens with two attached hydrogens (primary N) is 1. The van der Waals surface area contributed by atoms with Crippen molar-refractivity contribution in [3.8, 4) is 0 Å². The summed E-state index contributed by atoms with van der Waals surface area (Å²) in [6.07, 6.45) is 13.5. The Balaban J connectivity index is 2.01. The van der Waals surface area contributed by atoms with Crippen LogP contribution in [0.15, 0.2) is 11.8 Å². The summed E-state index contributed by atoms with van der Waals surface area (Å²) < 4.78 is 5.57. The molecule has 0 amide bonds. The van der Waals surface area contributed by atoms with Gasteiger partial charge in [0.15, 0.2) is 0 Å². The molecule has 0 radical (unpaired) electrons. The molecule has 0 saturated carbocycles. The second-order valence-electron chi connectivity index (χ2n) is 4.76. The molecule has 0 aromatic heterocycles. The molecular formula is C14H27NO. The van der Waals surface area contributed by atoms with Gasteiger partial charge in [0.05, 0.1) is 12.6 Å². The van der Waals surface area contributed by atoms with E-state index in [0.29, 0.717) is 0 Å². The second-order valence-corrected chi connectivity index (χ2v) is 4.76. The molecule has 2 heteroatoms. The van der Waals surface area contributed by atoms with Crippen LogP contribution in [0.5, 0.6) is 0 Å². The highest BCUT2D eigenvalue weighted by Crippen LogP contribution is 2.17. The zero-order chi connectivity index (χ0) is 11.6. The van der Waals surface area contributed by atoms with Gasteiger partial charge < -0.3 is 10.5 Å². The molecule has 1 unspecified atom stereocenters. The van der Waals surface area contributed by atoms with Gasteiger partial charge in [0.25, 0.3) is 0 Å². The normalized spacial score (nSPS) is 17.8. The molecule has 0 saturated heterocycles. The Morgan fingerprint density at radius 1 is 1.25 bits per heavy atom. The lowest BCUT2D eigenvalue weighted by molar-refractivity contribution is 0.173. The molecule has 1 rings (SSSR count). The highest BCUT2D eigenvalue weighted by Gasteiger charge is 2.12. The molecule has 0 fully saturated rings. The molecule has 1 atom stereocenters. The molecular weight excluding hydrogens is 198 g/mol. The van der Waals surface area contributed by atoms with Gasteiger partial charge in [-0.05, 0) is 25.3 Å². The molecule has 94 valence electrons. The minimum absolute atomic E-state index is 0.145. The molecule has 16 heavy (non-hydrogen) atoms. The number of hydrogen-bond acceptors (Lipinski definition) is 2. The lowest BCUT2D eigenvalue weighted by Gasteiger charge is -2.20. The van der Waals surface area contributed by atoms with Crippen molar-refractivity contribution >= 4 is 0 Å². The average Bonchev–Trinajstić information content (AvgIpc) is 2.34. The van der Waals surface area contributed by atoms with Crippen LogP contribution < -0.4 is 5.73 Å². The predicted molar refractivity (Wildman–Crippen MR) is 69.2 cm³/mol. The quantitative estimate of drug-likeness (QED) is 0.638. The van der Waals surface area contributed by atoms with Crippen LogP contribution in [0.2, 0.25) is 0 Å². The third-order valence-corrected chi connectivity index (χ3v) is 3.20. The maximum absolute atomic E-state index is 6.10. The fourth-order valence-electron chi connectivity index (χ4n) is 2.12. The van der Waals surface area contributed by atoms with Crippen LogP contribution in [0.1, 0.15) is 64.7 Å². The van der Waals surface area contributed by atoms with Crippen molar-refractivity contribution in [1.29, 1.82) is 0 Å². The fourth-order valence-corrected chi connectivity index (χ4v) is 2.12. The van der Waals surface area contributed by atoms with Crippen molar-refractivity contribution in [3.05, 3.63) is 11.8 Å². The Labute approximate surface area is 100 Å². The Bertz CT molecular complexity index is 201. The van der Waals surface area contributed by atoms with Crippen molar-refractivity contribution in [2.75, 3.05) is 6.61 Å². The molecule has 0 bridgehead atoms. The fraction of sp³-hybridized carbons (Fsp3) is 0.857. The van der Waals surface area contributed by atoms with E-state index >= 15 is 0 Å². The minimum Gasteiger partial charge on any atom is -0.497 e. The summed E-state index contributed by atoms with van der Waals surface area (Å²) in [5.74, 6) is 1.04. The first kappa shape index (κ1) is 13.6. The van der Waals surface area contributed by atoms with E-state index in [-0.39, 0.29) is 6.04 Å². The van der Waals surface area contributed by atoms with Crippen LogP contribution in [0, 0.1) is 0 Å². The van der Waals surface area contributed by atoms with E-state index in [1.165, 1.54) is 38.5 Å². The van der Waals surface area contributed by atoms with E-state index in [1.54, 1.807) is 0 Å². The molecule has 0 spiro atoms. The standard InChI is InChI=1S/C14H27NO/c1-2-3-4-5-6-7-10-13(15)14-11-8-9-12-16-14/h11,13H,2-10,12,15H2,1H3. The van der Waals surface area contributed by atoms with Gasteiger partial charge in [-0.25, -0.2) is 0 Å². The summed E-state index contributed by atoms with van der Waals surface area (Å²) in [6.45, 7) is 3.11. The van der Waals surface area contributed by atoms with Crippen molar-refractivity contribution in [1.82, 2.24) is 0 Å². The van der Waals surface area contributed by atoms with Gasteiger partial charge in [-0.3, -0.25) is 0 Å². The van der Waals surface area contributed by atoms with E-state index in [4.69, 9.17) is 10.5 Å². The third kappa shape index (κ3) is 5.55. The highest BCUT2D eigenvalue weighted by atomic mass is 16.5. The molecule has 0 aromatic carbocycles. The monoisotopic (exact) mass is 225 g/mol. The Morgan fingerprint density at radius 3 is 2.69 bits per heavy atom. The Morgan fingerprint density at radius 2 is 2.00 bits per heavy atom. The number of unbranched alkanes of at least 4 members (excludes halogenated alkanes) is 5. The van der Waals surface area contributed by atoms with Crippen LogP contribution in [-0.4, -0.2) is 12.6 Å². The van der Waals surface area contributed by atoms with Crippen molar-refractivity contribution in [2.45, 2.75) is 70.8 Å². The van der Waals surface area contributed by atoms with Crippen LogP contribution in [0.4, 0.5) is 0 Å².